The van der Waals surface area contributed by atoms with Crippen LogP contribution in [0.4, 0.5) is 0 Å². The van der Waals surface area contributed by atoms with Gasteiger partial charge in [-0.25, -0.2) is 0 Å². The van der Waals surface area contributed by atoms with E-state index < -0.39 is 0 Å². The predicted octanol–water partition coefficient (Wildman–Crippen LogP) is 5.41. The Morgan fingerprint density at radius 1 is 0.818 bits per heavy atom. The molecule has 1 fully saturated rings. The van der Waals surface area contributed by atoms with E-state index in [1.54, 1.807) is 0 Å². The van der Waals surface area contributed by atoms with Crippen molar-refractivity contribution in [2.24, 2.45) is 0 Å². The molecule has 0 radical (unpaired) electrons. The lowest BCUT2D eigenvalue weighted by Gasteiger charge is -2.01. The molecular formula is C19H36O3. The first kappa shape index (κ1) is 19.5. The number of carbonyl (C=O) groups excluding carboxylic acids is 1. The average molecular weight is 312 g/mol. The second kappa shape index (κ2) is 12.9. The van der Waals surface area contributed by atoms with Crippen molar-refractivity contribution in [2.45, 2.75) is 109 Å². The van der Waals surface area contributed by atoms with Gasteiger partial charge in [-0.05, 0) is 19.3 Å². The summed E-state index contributed by atoms with van der Waals surface area (Å²) < 4.78 is 10.3. The normalized spacial score (nSPS) is 20.1. The molecule has 0 aromatic rings. The van der Waals surface area contributed by atoms with Crippen LogP contribution in [0, 0.1) is 0 Å². The van der Waals surface area contributed by atoms with E-state index in [1.807, 2.05) is 0 Å². The zero-order valence-corrected chi connectivity index (χ0v) is 14.8. The molecule has 3 heteroatoms. The lowest BCUT2D eigenvalue weighted by Crippen LogP contribution is -2.01. The average Bonchev–Trinajstić information content (AvgIpc) is 3.27. The Hall–Kier alpha value is -0.570. The van der Waals surface area contributed by atoms with E-state index >= 15 is 0 Å². The van der Waals surface area contributed by atoms with Crippen molar-refractivity contribution in [2.75, 3.05) is 7.11 Å². The lowest BCUT2D eigenvalue weighted by atomic mass is 10.0. The molecule has 0 aromatic heterocycles. The number of methoxy groups -OCH3 is 1. The van der Waals surface area contributed by atoms with Crippen LogP contribution in [0.15, 0.2) is 0 Å². The minimum atomic E-state index is -0.105. The van der Waals surface area contributed by atoms with E-state index in [-0.39, 0.29) is 5.97 Å². The molecule has 0 bridgehead atoms. The largest absolute Gasteiger partial charge is 0.469 e. The Balaban J connectivity index is 1.76. The van der Waals surface area contributed by atoms with E-state index in [2.05, 4.69) is 11.7 Å². The monoisotopic (exact) mass is 312 g/mol. The highest BCUT2D eigenvalue weighted by atomic mass is 16.6. The summed E-state index contributed by atoms with van der Waals surface area (Å²) in [5.74, 6) is -0.105. The Kier molecular flexibility index (Phi) is 11.4. The third kappa shape index (κ3) is 10.2. The van der Waals surface area contributed by atoms with Crippen molar-refractivity contribution < 1.29 is 14.3 Å². The van der Waals surface area contributed by atoms with Crippen molar-refractivity contribution in [1.29, 1.82) is 0 Å². The van der Waals surface area contributed by atoms with Crippen molar-refractivity contribution >= 4 is 5.97 Å². The molecule has 1 heterocycles. The van der Waals surface area contributed by atoms with E-state index in [4.69, 9.17) is 4.74 Å². The molecule has 0 unspecified atom stereocenters. The van der Waals surface area contributed by atoms with Crippen LogP contribution in [-0.2, 0) is 14.3 Å². The standard InChI is InChI=1S/C19H36O3/c1-3-4-5-6-7-8-9-10-11-12-14-17-18(22-17)15-13-16-19(20)21-2/h17-18H,3-16H2,1-2H3/t17-,18-/m0/s1. The first-order valence-electron chi connectivity index (χ1n) is 9.50. The summed E-state index contributed by atoms with van der Waals surface area (Å²) >= 11 is 0. The quantitative estimate of drug-likeness (QED) is 0.230. The van der Waals surface area contributed by atoms with Gasteiger partial charge in [-0.1, -0.05) is 71.1 Å². The Morgan fingerprint density at radius 3 is 1.86 bits per heavy atom. The molecule has 130 valence electrons. The molecule has 3 nitrogen and oxygen atoms in total. The lowest BCUT2D eigenvalue weighted by molar-refractivity contribution is -0.140. The SMILES string of the molecule is CCCCCCCCCCCC[C@@H]1O[C@H]1CCCC(=O)OC. The topological polar surface area (TPSA) is 38.8 Å². The Labute approximate surface area is 137 Å². The van der Waals surface area contributed by atoms with Crippen LogP contribution in [-0.4, -0.2) is 25.3 Å². The smallest absolute Gasteiger partial charge is 0.305 e. The van der Waals surface area contributed by atoms with Gasteiger partial charge >= 0.3 is 5.97 Å². The highest BCUT2D eigenvalue weighted by molar-refractivity contribution is 5.68. The predicted molar refractivity (Wildman–Crippen MR) is 91.0 cm³/mol. The molecule has 0 saturated carbocycles. The van der Waals surface area contributed by atoms with Gasteiger partial charge in [-0.2, -0.15) is 0 Å². The minimum absolute atomic E-state index is 0.105. The molecular weight excluding hydrogens is 276 g/mol. The number of rotatable bonds is 15. The number of carbonyl (C=O) groups is 1. The number of hydrogen-bond acceptors (Lipinski definition) is 3. The molecule has 22 heavy (non-hydrogen) atoms. The van der Waals surface area contributed by atoms with Crippen molar-refractivity contribution in [3.63, 3.8) is 0 Å². The molecule has 0 amide bonds. The molecule has 1 rings (SSSR count). The highest BCUT2D eigenvalue weighted by Crippen LogP contribution is 2.31. The number of unbranched alkanes of at least 4 members (excludes halogenated alkanes) is 9. The van der Waals surface area contributed by atoms with Gasteiger partial charge in [0.1, 0.15) is 0 Å². The fraction of sp³-hybridized carbons (Fsp3) is 0.947. The molecule has 0 aliphatic carbocycles. The van der Waals surface area contributed by atoms with E-state index in [0.29, 0.717) is 18.6 Å². The summed E-state index contributed by atoms with van der Waals surface area (Å²) in [5, 5.41) is 0. The second-order valence-corrected chi connectivity index (χ2v) is 6.65. The third-order valence-corrected chi connectivity index (χ3v) is 4.63. The molecule has 0 aromatic carbocycles. The number of esters is 1. The van der Waals surface area contributed by atoms with Crippen LogP contribution >= 0.6 is 0 Å². The van der Waals surface area contributed by atoms with Crippen LogP contribution < -0.4 is 0 Å². The number of epoxide rings is 1. The number of ether oxygens (including phenoxy) is 2. The van der Waals surface area contributed by atoms with Gasteiger partial charge in [0.2, 0.25) is 0 Å². The Bertz CT molecular complexity index is 278. The first-order chi connectivity index (χ1) is 10.8. The fourth-order valence-electron chi connectivity index (χ4n) is 3.07. The molecule has 2 atom stereocenters. The second-order valence-electron chi connectivity index (χ2n) is 6.65. The van der Waals surface area contributed by atoms with Crippen LogP contribution in [0.25, 0.3) is 0 Å². The van der Waals surface area contributed by atoms with Crippen molar-refractivity contribution in [1.82, 2.24) is 0 Å². The van der Waals surface area contributed by atoms with E-state index in [9.17, 15) is 4.79 Å². The third-order valence-electron chi connectivity index (χ3n) is 4.63. The molecule has 1 aliphatic heterocycles. The summed E-state index contributed by atoms with van der Waals surface area (Å²) in [6.45, 7) is 2.27. The molecule has 0 N–H and O–H groups in total. The zero-order chi connectivity index (χ0) is 16.0. The van der Waals surface area contributed by atoms with Gasteiger partial charge < -0.3 is 9.47 Å². The summed E-state index contributed by atoms with van der Waals surface area (Å²) in [6.07, 6.45) is 18.4. The maximum atomic E-state index is 11.0. The molecule has 0 spiro atoms. The summed E-state index contributed by atoms with van der Waals surface area (Å²) in [6, 6.07) is 0. The summed E-state index contributed by atoms with van der Waals surface area (Å²) in [5.41, 5.74) is 0. The van der Waals surface area contributed by atoms with Crippen LogP contribution in [0.1, 0.15) is 96.8 Å². The van der Waals surface area contributed by atoms with E-state index in [1.165, 1.54) is 77.7 Å². The van der Waals surface area contributed by atoms with Crippen LogP contribution in [0.2, 0.25) is 0 Å². The van der Waals surface area contributed by atoms with Crippen molar-refractivity contribution in [3.8, 4) is 0 Å². The zero-order valence-electron chi connectivity index (χ0n) is 14.8. The van der Waals surface area contributed by atoms with Gasteiger partial charge in [0, 0.05) is 6.42 Å². The van der Waals surface area contributed by atoms with E-state index in [0.717, 1.165) is 12.8 Å². The number of hydrogen-bond donors (Lipinski definition) is 0. The maximum Gasteiger partial charge on any atom is 0.305 e. The van der Waals surface area contributed by atoms with Crippen molar-refractivity contribution in [3.05, 3.63) is 0 Å². The van der Waals surface area contributed by atoms with Gasteiger partial charge in [0.05, 0.1) is 19.3 Å². The van der Waals surface area contributed by atoms with Gasteiger partial charge in [0.15, 0.2) is 0 Å². The summed E-state index contributed by atoms with van der Waals surface area (Å²) in [4.78, 5) is 11.0. The molecule has 1 saturated heterocycles. The Morgan fingerprint density at radius 2 is 1.32 bits per heavy atom. The molecule has 1 aliphatic rings. The highest BCUT2D eigenvalue weighted by Gasteiger charge is 2.37. The van der Waals surface area contributed by atoms with Crippen LogP contribution in [0.3, 0.4) is 0 Å². The summed E-state index contributed by atoms with van der Waals surface area (Å²) in [7, 11) is 1.45. The van der Waals surface area contributed by atoms with Crippen LogP contribution in [0.5, 0.6) is 0 Å². The van der Waals surface area contributed by atoms with Gasteiger partial charge in [-0.15, -0.1) is 0 Å². The van der Waals surface area contributed by atoms with Gasteiger partial charge in [0.25, 0.3) is 0 Å². The first-order valence-corrected chi connectivity index (χ1v) is 9.50. The minimum Gasteiger partial charge on any atom is -0.469 e. The maximum absolute atomic E-state index is 11.0. The fourth-order valence-corrected chi connectivity index (χ4v) is 3.07. The van der Waals surface area contributed by atoms with Gasteiger partial charge in [-0.3, -0.25) is 4.79 Å².